The molecule has 1 aliphatic carbocycles. The first-order chi connectivity index (χ1) is 18.3. The molecule has 0 radical (unpaired) electrons. The fourth-order valence-corrected chi connectivity index (χ4v) is 7.11. The van der Waals surface area contributed by atoms with Crippen LogP contribution in [0, 0.1) is 5.41 Å². The molecule has 40 heavy (non-hydrogen) atoms. The van der Waals surface area contributed by atoms with E-state index in [-0.39, 0.29) is 29.1 Å². The third-order valence-corrected chi connectivity index (χ3v) is 19.3. The van der Waals surface area contributed by atoms with Crippen molar-refractivity contribution >= 4 is 51.0 Å². The zero-order chi connectivity index (χ0) is 30.4. The van der Waals surface area contributed by atoms with Crippen LogP contribution in [0.15, 0.2) is 18.2 Å². The Balaban J connectivity index is 2.06. The van der Waals surface area contributed by atoms with Crippen LogP contribution in [0.1, 0.15) is 83.9 Å². The fourth-order valence-electron chi connectivity index (χ4n) is 4.07. The smallest absolute Gasteiger partial charge is 0.320 e. The number of hydrogen-bond donors (Lipinski definition) is 0. The van der Waals surface area contributed by atoms with E-state index in [2.05, 4.69) is 109 Å². The Morgan fingerprint density at radius 2 is 1.30 bits per heavy atom. The van der Waals surface area contributed by atoms with Crippen molar-refractivity contribution in [1.29, 1.82) is 0 Å². The summed E-state index contributed by atoms with van der Waals surface area (Å²) >= 11 is 2.13. The molecule has 1 saturated carbocycles. The minimum atomic E-state index is -1.90. The molecule has 6 nitrogen and oxygen atoms in total. The van der Waals surface area contributed by atoms with Gasteiger partial charge in [-0.05, 0) is 65.8 Å². The predicted molar refractivity (Wildman–Crippen MR) is 176 cm³/mol. The van der Waals surface area contributed by atoms with Crippen molar-refractivity contribution in [2.24, 2.45) is 5.41 Å². The molecule has 0 heterocycles. The Morgan fingerprint density at radius 3 is 1.73 bits per heavy atom. The normalized spacial score (nSPS) is 19.1. The van der Waals surface area contributed by atoms with E-state index in [4.69, 9.17) is 18.3 Å². The lowest BCUT2D eigenvalue weighted by molar-refractivity contribution is -0.162. The molecule has 0 aromatic heterocycles. The van der Waals surface area contributed by atoms with Gasteiger partial charge in [-0.15, -0.1) is 0 Å². The number of alkyl halides is 1. The summed E-state index contributed by atoms with van der Waals surface area (Å²) in [7, 11) is -3.80. The Morgan fingerprint density at radius 1 is 0.825 bits per heavy atom. The van der Waals surface area contributed by atoms with E-state index in [9.17, 15) is 9.59 Å². The maximum Gasteiger partial charge on any atom is 0.320 e. The number of carbonyl (C=O) groups excluding carboxylic acids is 2. The Bertz CT molecular complexity index is 964. The van der Waals surface area contributed by atoms with Gasteiger partial charge in [0.1, 0.15) is 12.0 Å². The lowest BCUT2D eigenvalue weighted by Gasteiger charge is -2.36. The summed E-state index contributed by atoms with van der Waals surface area (Å²) in [6.45, 7) is 24.5. The van der Waals surface area contributed by atoms with Crippen LogP contribution < -0.4 is 0 Å². The quantitative estimate of drug-likeness (QED) is 0.0514. The number of benzene rings is 1. The third kappa shape index (κ3) is 9.46. The first-order valence-electron chi connectivity index (χ1n) is 14.6. The molecule has 1 aromatic rings. The number of ketones is 1. The number of rotatable bonds is 13. The van der Waals surface area contributed by atoms with Gasteiger partial charge < -0.3 is 18.3 Å². The fraction of sp³-hybridized carbons (Fsp3) is 0.742. The molecule has 1 atom stereocenters. The van der Waals surface area contributed by atoms with Gasteiger partial charge in [0.2, 0.25) is 0 Å². The topological polar surface area (TPSA) is 71.1 Å². The van der Waals surface area contributed by atoms with E-state index in [1.807, 2.05) is 0 Å². The molecule has 0 amide bonds. The molecule has 1 unspecified atom stereocenters. The molecule has 0 spiro atoms. The lowest BCUT2D eigenvalue weighted by atomic mass is 9.74. The average molecular weight is 705 g/mol. The highest BCUT2D eigenvalue weighted by Crippen LogP contribution is 2.39. The van der Waals surface area contributed by atoms with Gasteiger partial charge >= 0.3 is 5.97 Å². The number of halogens is 1. The highest BCUT2D eigenvalue weighted by Gasteiger charge is 2.47. The van der Waals surface area contributed by atoms with Crippen LogP contribution in [-0.2, 0) is 47.7 Å². The van der Waals surface area contributed by atoms with E-state index < -0.39 is 28.0 Å². The second kappa shape index (κ2) is 14.2. The van der Waals surface area contributed by atoms with E-state index in [0.717, 1.165) is 29.5 Å². The van der Waals surface area contributed by atoms with Gasteiger partial charge in [0, 0.05) is 10.8 Å². The summed E-state index contributed by atoms with van der Waals surface area (Å²) in [6.07, 6.45) is 2.79. The van der Waals surface area contributed by atoms with Crippen molar-refractivity contribution in [3.05, 3.63) is 34.9 Å². The van der Waals surface area contributed by atoms with Crippen LogP contribution in [0.2, 0.25) is 36.3 Å². The minimum Gasteiger partial charge on any atom is -0.462 e. The van der Waals surface area contributed by atoms with E-state index >= 15 is 0 Å². The van der Waals surface area contributed by atoms with Crippen LogP contribution in [0.25, 0.3) is 0 Å². The van der Waals surface area contributed by atoms with Crippen molar-refractivity contribution in [2.75, 3.05) is 17.6 Å². The van der Waals surface area contributed by atoms with E-state index in [1.54, 1.807) is 0 Å². The summed E-state index contributed by atoms with van der Waals surface area (Å²) in [5, 5.41) is 0.273. The number of Topliss-reactive ketones (excluding diaryl/α,β-unsaturated/α-hetero) is 1. The standard InChI is InChI=1S/C31H53IO6Si2/c1-29(2,3)39(7,8)37-21-25-17-24(18-26(19-25)22-38-40(9,10)30(4,5)6)20-35-15-16-36-28(34)31(23-32)14-12-11-13-27(31)33/h17-19H,11-16,20-23H2,1-10H3. The van der Waals surface area contributed by atoms with Crippen LogP contribution in [0.5, 0.6) is 0 Å². The van der Waals surface area contributed by atoms with Crippen molar-refractivity contribution in [2.45, 2.75) is 123 Å². The molecule has 2 rings (SSSR count). The maximum atomic E-state index is 12.8. The largest absolute Gasteiger partial charge is 0.462 e. The van der Waals surface area contributed by atoms with Crippen LogP contribution in [0.4, 0.5) is 0 Å². The van der Waals surface area contributed by atoms with E-state index in [0.29, 0.717) is 37.1 Å². The second-order valence-corrected chi connectivity index (χ2v) is 24.7. The van der Waals surface area contributed by atoms with Gasteiger partial charge in [-0.2, -0.15) is 0 Å². The Kier molecular flexibility index (Phi) is 12.7. The monoisotopic (exact) mass is 704 g/mol. The molecule has 9 heteroatoms. The molecular formula is C31H53IO6Si2. The third-order valence-electron chi connectivity index (χ3n) is 9.06. The number of esters is 1. The highest BCUT2D eigenvalue weighted by molar-refractivity contribution is 14.1. The molecule has 0 saturated heterocycles. The molecule has 0 N–H and O–H groups in total. The van der Waals surface area contributed by atoms with Gasteiger partial charge in [0.05, 0.1) is 26.4 Å². The summed E-state index contributed by atoms with van der Waals surface area (Å²) in [5.74, 6) is -0.381. The maximum absolute atomic E-state index is 12.8. The van der Waals surface area contributed by atoms with Crippen LogP contribution >= 0.6 is 22.6 Å². The van der Waals surface area contributed by atoms with Gasteiger partial charge in [-0.1, -0.05) is 88.8 Å². The highest BCUT2D eigenvalue weighted by atomic mass is 127. The van der Waals surface area contributed by atoms with Crippen LogP contribution in [-0.4, -0.2) is 46.0 Å². The summed E-state index contributed by atoms with van der Waals surface area (Å²) in [6, 6.07) is 6.47. The van der Waals surface area contributed by atoms with E-state index in [1.165, 1.54) is 0 Å². The minimum absolute atomic E-state index is 0.0169. The zero-order valence-electron chi connectivity index (χ0n) is 26.6. The average Bonchev–Trinajstić information content (AvgIpc) is 2.85. The molecular weight excluding hydrogens is 651 g/mol. The Labute approximate surface area is 259 Å². The van der Waals surface area contributed by atoms with Gasteiger partial charge in [0.25, 0.3) is 0 Å². The predicted octanol–water partition coefficient (Wildman–Crippen LogP) is 8.35. The molecule has 0 aliphatic heterocycles. The summed E-state index contributed by atoms with van der Waals surface area (Å²) in [5.41, 5.74) is 2.30. The molecule has 1 fully saturated rings. The van der Waals surface area contributed by atoms with Crippen molar-refractivity contribution in [3.8, 4) is 0 Å². The number of ether oxygens (including phenoxy) is 2. The number of hydrogen-bond acceptors (Lipinski definition) is 6. The Hall–Kier alpha value is -0.596. The van der Waals surface area contributed by atoms with Crippen molar-refractivity contribution < 1.29 is 27.9 Å². The van der Waals surface area contributed by atoms with Gasteiger partial charge in [-0.3, -0.25) is 9.59 Å². The summed E-state index contributed by atoms with van der Waals surface area (Å²) < 4.78 is 25.0. The SMILES string of the molecule is CC(C)(C)[Si](C)(C)OCc1cc(COCCOC(=O)C2(CI)CCCCC2=O)cc(CO[Si](C)(C)C(C)(C)C)c1. The number of carbonyl (C=O) groups is 2. The molecule has 0 bridgehead atoms. The zero-order valence-corrected chi connectivity index (χ0v) is 30.8. The van der Waals surface area contributed by atoms with Gasteiger partial charge in [0.15, 0.2) is 22.4 Å². The first kappa shape index (κ1) is 35.6. The van der Waals surface area contributed by atoms with Crippen LogP contribution in [0.3, 0.4) is 0 Å². The first-order valence-corrected chi connectivity index (χ1v) is 21.9. The second-order valence-electron chi connectivity index (χ2n) is 14.3. The van der Waals surface area contributed by atoms with Crippen molar-refractivity contribution in [3.63, 3.8) is 0 Å². The molecule has 1 aromatic carbocycles. The lowest BCUT2D eigenvalue weighted by Crippen LogP contribution is -2.44. The van der Waals surface area contributed by atoms with Gasteiger partial charge in [-0.25, -0.2) is 0 Å². The molecule has 1 aliphatic rings. The van der Waals surface area contributed by atoms with Crippen molar-refractivity contribution in [1.82, 2.24) is 0 Å². The summed E-state index contributed by atoms with van der Waals surface area (Å²) in [4.78, 5) is 25.3. The molecule has 228 valence electrons.